The number of sulfonamides is 1. The van der Waals surface area contributed by atoms with Crippen LogP contribution in [0, 0.1) is 13.8 Å². The number of hydrogen-bond acceptors (Lipinski definition) is 5. The SMILES string of the molecule is Cc1nc2cc(-c3ccc(Cl)cc3)nn2c(C)c1CCC(=O)Nc1ccc(S(=O)(=O)N2CCCCC2)cc1. The minimum absolute atomic E-state index is 0.155. The molecule has 0 atom stereocenters. The van der Waals surface area contributed by atoms with Crippen molar-refractivity contribution in [3.8, 4) is 11.3 Å². The van der Waals surface area contributed by atoms with E-state index in [-0.39, 0.29) is 17.2 Å². The van der Waals surface area contributed by atoms with Crippen LogP contribution >= 0.6 is 11.6 Å². The van der Waals surface area contributed by atoms with E-state index in [2.05, 4.69) is 5.32 Å². The summed E-state index contributed by atoms with van der Waals surface area (Å²) in [5.41, 5.74) is 5.84. The number of rotatable bonds is 7. The molecule has 2 aromatic heterocycles. The van der Waals surface area contributed by atoms with Gasteiger partial charge < -0.3 is 5.32 Å². The summed E-state index contributed by atoms with van der Waals surface area (Å²) in [6, 6.07) is 15.8. The van der Waals surface area contributed by atoms with Crippen molar-refractivity contribution < 1.29 is 13.2 Å². The van der Waals surface area contributed by atoms with Gasteiger partial charge in [-0.1, -0.05) is 30.2 Å². The molecule has 38 heavy (non-hydrogen) atoms. The standard InChI is InChI=1S/C28H30ClN5O3S/c1-19-25(20(2)34-27(30-19)18-26(32-34)21-6-8-22(29)9-7-21)14-15-28(35)31-23-10-12-24(13-11-23)38(36,37)33-16-4-3-5-17-33/h6-13,18H,3-5,14-17H2,1-2H3,(H,31,35). The van der Waals surface area contributed by atoms with Crippen molar-refractivity contribution in [2.45, 2.75) is 50.8 Å². The Bertz CT molecular complexity index is 1580. The summed E-state index contributed by atoms with van der Waals surface area (Å²) in [5, 5.41) is 8.27. The van der Waals surface area contributed by atoms with Gasteiger partial charge in [0.15, 0.2) is 5.65 Å². The summed E-state index contributed by atoms with van der Waals surface area (Å²) in [6.07, 6.45) is 3.60. The number of nitrogens with zero attached hydrogens (tertiary/aromatic N) is 4. The molecule has 5 rings (SSSR count). The number of piperidine rings is 1. The minimum Gasteiger partial charge on any atom is -0.326 e. The maximum Gasteiger partial charge on any atom is 0.243 e. The fourth-order valence-electron chi connectivity index (χ4n) is 4.88. The molecule has 0 bridgehead atoms. The van der Waals surface area contributed by atoms with Crippen LogP contribution in [0.15, 0.2) is 59.5 Å². The predicted molar refractivity (Wildman–Crippen MR) is 149 cm³/mol. The van der Waals surface area contributed by atoms with Crippen molar-refractivity contribution >= 4 is 38.9 Å². The molecule has 1 aliphatic heterocycles. The van der Waals surface area contributed by atoms with Crippen LogP contribution in [-0.2, 0) is 21.2 Å². The van der Waals surface area contributed by atoms with Crippen molar-refractivity contribution in [3.63, 3.8) is 0 Å². The van der Waals surface area contributed by atoms with Gasteiger partial charge in [0.25, 0.3) is 0 Å². The van der Waals surface area contributed by atoms with Gasteiger partial charge in [-0.05, 0) is 75.1 Å². The van der Waals surface area contributed by atoms with E-state index in [0.717, 1.165) is 53.1 Å². The molecular weight excluding hydrogens is 522 g/mol. The first-order valence-corrected chi connectivity index (χ1v) is 14.6. The van der Waals surface area contributed by atoms with Crippen LogP contribution < -0.4 is 5.32 Å². The number of carbonyl (C=O) groups excluding carboxylic acids is 1. The smallest absolute Gasteiger partial charge is 0.243 e. The topological polar surface area (TPSA) is 96.7 Å². The lowest BCUT2D eigenvalue weighted by Gasteiger charge is -2.25. The van der Waals surface area contributed by atoms with E-state index >= 15 is 0 Å². The average Bonchev–Trinajstić information content (AvgIpc) is 3.34. The monoisotopic (exact) mass is 551 g/mol. The number of carbonyl (C=O) groups is 1. The third-order valence-electron chi connectivity index (χ3n) is 7.00. The van der Waals surface area contributed by atoms with Crippen LogP contribution in [0.2, 0.25) is 5.02 Å². The summed E-state index contributed by atoms with van der Waals surface area (Å²) < 4.78 is 29.1. The van der Waals surface area contributed by atoms with E-state index in [4.69, 9.17) is 21.7 Å². The maximum absolute atomic E-state index is 12.9. The first kappa shape index (κ1) is 26.3. The summed E-state index contributed by atoms with van der Waals surface area (Å²) in [7, 11) is -3.50. The van der Waals surface area contributed by atoms with Crippen LogP contribution in [-0.4, -0.2) is 46.3 Å². The Balaban J connectivity index is 1.25. The number of hydrogen-bond donors (Lipinski definition) is 1. The normalized spacial score (nSPS) is 14.6. The van der Waals surface area contributed by atoms with Gasteiger partial charge >= 0.3 is 0 Å². The number of benzene rings is 2. The van der Waals surface area contributed by atoms with Crippen molar-refractivity contribution in [1.29, 1.82) is 0 Å². The Kier molecular flexibility index (Phi) is 7.52. The van der Waals surface area contributed by atoms with Gasteiger partial charge in [0.1, 0.15) is 0 Å². The summed E-state index contributed by atoms with van der Waals surface area (Å²) in [5.74, 6) is -0.155. The van der Waals surface area contributed by atoms with E-state index in [1.807, 2.05) is 48.7 Å². The van der Waals surface area contributed by atoms with E-state index in [0.29, 0.717) is 30.2 Å². The second-order valence-corrected chi connectivity index (χ2v) is 12.0. The molecule has 10 heteroatoms. The van der Waals surface area contributed by atoms with Crippen LogP contribution in [0.3, 0.4) is 0 Å². The molecule has 0 aliphatic carbocycles. The molecule has 8 nitrogen and oxygen atoms in total. The van der Waals surface area contributed by atoms with Crippen LogP contribution in [0.1, 0.15) is 42.6 Å². The molecule has 1 amide bonds. The van der Waals surface area contributed by atoms with E-state index < -0.39 is 10.0 Å². The highest BCUT2D eigenvalue weighted by Gasteiger charge is 2.25. The number of amides is 1. The Hall–Kier alpha value is -3.27. The highest BCUT2D eigenvalue weighted by Crippen LogP contribution is 2.25. The molecule has 0 radical (unpaired) electrons. The van der Waals surface area contributed by atoms with E-state index in [1.54, 1.807) is 24.3 Å². The van der Waals surface area contributed by atoms with Gasteiger partial charge in [-0.3, -0.25) is 4.79 Å². The highest BCUT2D eigenvalue weighted by molar-refractivity contribution is 7.89. The summed E-state index contributed by atoms with van der Waals surface area (Å²) in [4.78, 5) is 17.7. The van der Waals surface area contributed by atoms with Gasteiger partial charge in [0.2, 0.25) is 15.9 Å². The Labute approximate surface area is 227 Å². The molecule has 0 saturated carbocycles. The Morgan fingerprint density at radius 1 is 1.00 bits per heavy atom. The second-order valence-electron chi connectivity index (χ2n) is 9.60. The number of halogens is 1. The third-order valence-corrected chi connectivity index (χ3v) is 9.16. The highest BCUT2D eigenvalue weighted by atomic mass is 35.5. The van der Waals surface area contributed by atoms with Gasteiger partial charge in [0.05, 0.1) is 10.6 Å². The lowest BCUT2D eigenvalue weighted by atomic mass is 10.1. The largest absolute Gasteiger partial charge is 0.326 e. The molecule has 0 spiro atoms. The number of anilines is 1. The Morgan fingerprint density at radius 3 is 2.37 bits per heavy atom. The number of nitrogens with one attached hydrogen (secondary N) is 1. The zero-order valence-electron chi connectivity index (χ0n) is 21.4. The third kappa shape index (κ3) is 5.45. The molecule has 3 heterocycles. The molecule has 1 fully saturated rings. The lowest BCUT2D eigenvalue weighted by Crippen LogP contribution is -2.35. The first-order chi connectivity index (χ1) is 18.2. The van der Waals surface area contributed by atoms with Crippen molar-refractivity contribution in [2.75, 3.05) is 18.4 Å². The Morgan fingerprint density at radius 2 is 1.68 bits per heavy atom. The fourth-order valence-corrected chi connectivity index (χ4v) is 6.52. The van der Waals surface area contributed by atoms with Crippen molar-refractivity contribution in [1.82, 2.24) is 18.9 Å². The van der Waals surface area contributed by atoms with E-state index in [9.17, 15) is 13.2 Å². The molecule has 198 valence electrons. The number of aromatic nitrogens is 3. The van der Waals surface area contributed by atoms with Gasteiger partial charge in [-0.2, -0.15) is 9.40 Å². The minimum atomic E-state index is -3.50. The van der Waals surface area contributed by atoms with Crippen LogP contribution in [0.5, 0.6) is 0 Å². The zero-order valence-corrected chi connectivity index (χ0v) is 23.0. The average molecular weight is 552 g/mol. The second kappa shape index (κ2) is 10.8. The molecule has 1 aliphatic rings. The molecule has 4 aromatic rings. The van der Waals surface area contributed by atoms with Crippen molar-refractivity contribution in [2.24, 2.45) is 0 Å². The molecule has 1 saturated heterocycles. The zero-order chi connectivity index (χ0) is 26.9. The summed E-state index contributed by atoms with van der Waals surface area (Å²) in [6.45, 7) is 5.04. The van der Waals surface area contributed by atoms with Gasteiger partial charge in [-0.25, -0.2) is 17.9 Å². The van der Waals surface area contributed by atoms with E-state index in [1.165, 1.54) is 4.31 Å². The van der Waals surface area contributed by atoms with Crippen LogP contribution in [0.4, 0.5) is 5.69 Å². The number of aryl methyl sites for hydroxylation is 2. The van der Waals surface area contributed by atoms with Crippen LogP contribution in [0.25, 0.3) is 16.9 Å². The van der Waals surface area contributed by atoms with Gasteiger partial charge in [-0.15, -0.1) is 0 Å². The predicted octanol–water partition coefficient (Wildman–Crippen LogP) is 5.41. The fraction of sp³-hybridized carbons (Fsp3) is 0.321. The number of fused-ring (bicyclic) bond motifs is 1. The first-order valence-electron chi connectivity index (χ1n) is 12.7. The lowest BCUT2D eigenvalue weighted by molar-refractivity contribution is -0.116. The quantitative estimate of drug-likeness (QED) is 0.331. The molecular formula is C28H30ClN5O3S. The summed E-state index contributed by atoms with van der Waals surface area (Å²) >= 11 is 6.01. The molecule has 2 aromatic carbocycles. The van der Waals surface area contributed by atoms with Crippen molar-refractivity contribution in [3.05, 3.63) is 76.6 Å². The molecule has 0 unspecified atom stereocenters. The maximum atomic E-state index is 12.9. The van der Waals surface area contributed by atoms with Gasteiger partial charge in [0, 0.05) is 53.2 Å². The molecule has 1 N–H and O–H groups in total.